The molecule has 0 amide bonds. The van der Waals surface area contributed by atoms with Gasteiger partial charge in [0.1, 0.15) is 11.5 Å². The zero-order chi connectivity index (χ0) is 21.8. The Hall–Kier alpha value is -2.04. The molecule has 1 aromatic heterocycles. The van der Waals surface area contributed by atoms with Crippen LogP contribution in [0.25, 0.3) is 0 Å². The van der Waals surface area contributed by atoms with E-state index in [1.165, 1.54) is 6.21 Å². The largest absolute Gasteiger partial charge is 0.458 e. The van der Waals surface area contributed by atoms with Gasteiger partial charge in [0.25, 0.3) is 0 Å². The van der Waals surface area contributed by atoms with Crippen molar-refractivity contribution in [1.82, 2.24) is 26.4 Å². The molecule has 0 spiro atoms. The third-order valence-electron chi connectivity index (χ3n) is 3.88. The van der Waals surface area contributed by atoms with Gasteiger partial charge in [-0.15, -0.1) is 0 Å². The molecular weight excluding hydrogens is 406 g/mol. The fraction of sp³-hybridized carbons (Fsp3) is 0.579. The summed E-state index contributed by atoms with van der Waals surface area (Å²) < 4.78 is 6.03. The molecular formula is C19H33N7OS2. The van der Waals surface area contributed by atoms with Gasteiger partial charge in [-0.1, -0.05) is 0 Å². The number of nitrogens with one attached hydrogen (secondary N) is 4. The highest BCUT2D eigenvalue weighted by Gasteiger charge is 2.17. The molecule has 4 N–H and O–H groups in total. The fourth-order valence-corrected chi connectivity index (χ4v) is 2.94. The van der Waals surface area contributed by atoms with Gasteiger partial charge < -0.3 is 15.1 Å². The number of hydrogen-bond donors (Lipinski definition) is 4. The van der Waals surface area contributed by atoms with Gasteiger partial charge in [-0.2, -0.15) is 10.2 Å². The lowest BCUT2D eigenvalue weighted by atomic mass is 10.2. The SMILES string of the molecule is CCNC(=S)N/N=C(/C=N/NC(=S)NCC)c1ccc(CN(C(C)C)C(C)C)o1. The van der Waals surface area contributed by atoms with Crippen LogP contribution in [0.2, 0.25) is 0 Å². The predicted octanol–water partition coefficient (Wildman–Crippen LogP) is 2.56. The first kappa shape index (κ1) is 25.0. The van der Waals surface area contributed by atoms with Crippen molar-refractivity contribution >= 4 is 46.6 Å². The molecule has 0 aliphatic rings. The van der Waals surface area contributed by atoms with E-state index in [-0.39, 0.29) is 0 Å². The van der Waals surface area contributed by atoms with Gasteiger partial charge in [0.2, 0.25) is 0 Å². The van der Waals surface area contributed by atoms with Crippen molar-refractivity contribution in [3.05, 3.63) is 23.7 Å². The summed E-state index contributed by atoms with van der Waals surface area (Å²) in [5, 5.41) is 15.3. The number of hydrazone groups is 2. The van der Waals surface area contributed by atoms with Crippen molar-refractivity contribution in [1.29, 1.82) is 0 Å². The minimum Gasteiger partial charge on any atom is -0.458 e. The lowest BCUT2D eigenvalue weighted by molar-refractivity contribution is 0.153. The molecule has 1 heterocycles. The van der Waals surface area contributed by atoms with Crippen molar-refractivity contribution in [3.63, 3.8) is 0 Å². The number of hydrogen-bond acceptors (Lipinski definition) is 6. The first-order valence-electron chi connectivity index (χ1n) is 9.81. The molecule has 0 radical (unpaired) electrons. The van der Waals surface area contributed by atoms with Crippen molar-refractivity contribution in [3.8, 4) is 0 Å². The first-order valence-corrected chi connectivity index (χ1v) is 10.6. The molecule has 0 aliphatic heterocycles. The van der Waals surface area contributed by atoms with E-state index in [1.54, 1.807) is 0 Å². The molecule has 8 nitrogen and oxygen atoms in total. The molecule has 0 atom stereocenters. The molecule has 0 unspecified atom stereocenters. The predicted molar refractivity (Wildman–Crippen MR) is 128 cm³/mol. The Morgan fingerprint density at radius 2 is 1.62 bits per heavy atom. The van der Waals surface area contributed by atoms with E-state index in [9.17, 15) is 0 Å². The second-order valence-electron chi connectivity index (χ2n) is 6.82. The maximum atomic E-state index is 6.03. The molecule has 0 bridgehead atoms. The summed E-state index contributed by atoms with van der Waals surface area (Å²) in [6, 6.07) is 4.65. The highest BCUT2D eigenvalue weighted by molar-refractivity contribution is 7.80. The molecule has 0 aromatic carbocycles. The Labute approximate surface area is 184 Å². The van der Waals surface area contributed by atoms with E-state index in [0.717, 1.165) is 5.76 Å². The van der Waals surface area contributed by atoms with Crippen molar-refractivity contribution < 1.29 is 4.42 Å². The van der Waals surface area contributed by atoms with E-state index in [2.05, 4.69) is 64.3 Å². The summed E-state index contributed by atoms with van der Waals surface area (Å²) in [5.74, 6) is 1.44. The van der Waals surface area contributed by atoms with Crippen molar-refractivity contribution in [2.75, 3.05) is 13.1 Å². The second kappa shape index (κ2) is 13.2. The quantitative estimate of drug-likeness (QED) is 0.251. The standard InChI is InChI=1S/C19H33N7OS2/c1-7-20-18(28)24-22-11-16(23-25-19(29)21-8-2)17-10-9-15(27-17)12-26(13(3)4)14(5)6/h9-11,13-14H,7-8,12H2,1-6H3,(H2,20,24,28)(H2,21,25,29)/b22-11+,23-16-. The van der Waals surface area contributed by atoms with Crippen molar-refractivity contribution in [2.45, 2.75) is 60.2 Å². The molecule has 0 saturated heterocycles. The van der Waals surface area contributed by atoms with E-state index in [4.69, 9.17) is 28.9 Å². The molecule has 0 aliphatic carbocycles. The lowest BCUT2D eigenvalue weighted by Gasteiger charge is -2.29. The lowest BCUT2D eigenvalue weighted by Crippen LogP contribution is -2.36. The number of rotatable bonds is 10. The van der Waals surface area contributed by atoms with Crippen molar-refractivity contribution in [2.24, 2.45) is 10.2 Å². The van der Waals surface area contributed by atoms with E-state index in [0.29, 0.717) is 53.4 Å². The third-order valence-corrected chi connectivity index (χ3v) is 4.36. The van der Waals surface area contributed by atoms with Gasteiger partial charge >= 0.3 is 0 Å². The van der Waals surface area contributed by atoms with Crippen LogP contribution in [0, 0.1) is 0 Å². The van der Waals surface area contributed by atoms with Crippen LogP contribution in [-0.2, 0) is 6.54 Å². The number of furan rings is 1. The Kier molecular flexibility index (Phi) is 11.4. The Morgan fingerprint density at radius 3 is 2.17 bits per heavy atom. The van der Waals surface area contributed by atoms with Gasteiger partial charge in [-0.05, 0) is 78.1 Å². The highest BCUT2D eigenvalue weighted by atomic mass is 32.1. The number of nitrogens with zero attached hydrogens (tertiary/aromatic N) is 3. The highest BCUT2D eigenvalue weighted by Crippen LogP contribution is 2.15. The molecule has 0 saturated carbocycles. The molecule has 0 fully saturated rings. The smallest absolute Gasteiger partial charge is 0.186 e. The number of thiocarbonyl (C=S) groups is 2. The summed E-state index contributed by atoms with van der Waals surface area (Å²) in [6.45, 7) is 14.7. The van der Waals surface area contributed by atoms with Crippen LogP contribution < -0.4 is 21.5 Å². The minimum absolute atomic E-state index is 0.411. The summed E-state index contributed by atoms with van der Waals surface area (Å²) in [4.78, 5) is 2.35. The molecule has 29 heavy (non-hydrogen) atoms. The topological polar surface area (TPSA) is 89.2 Å². The Bertz CT molecular complexity index is 705. The van der Waals surface area contributed by atoms with Gasteiger partial charge in [0, 0.05) is 25.2 Å². The van der Waals surface area contributed by atoms with E-state index in [1.807, 2.05) is 26.0 Å². The van der Waals surface area contributed by atoms with Gasteiger partial charge in [-0.3, -0.25) is 15.8 Å². The van der Waals surface area contributed by atoms with Crippen LogP contribution in [0.1, 0.15) is 53.1 Å². The van der Waals surface area contributed by atoms with Gasteiger partial charge in [-0.25, -0.2) is 0 Å². The van der Waals surface area contributed by atoms with Crippen LogP contribution in [-0.4, -0.2) is 52.2 Å². The molecule has 10 heteroatoms. The van der Waals surface area contributed by atoms with E-state index >= 15 is 0 Å². The maximum absolute atomic E-state index is 6.03. The Balaban J connectivity index is 2.99. The fourth-order valence-electron chi connectivity index (χ4n) is 2.55. The Morgan fingerprint density at radius 1 is 1.03 bits per heavy atom. The minimum atomic E-state index is 0.411. The summed E-state index contributed by atoms with van der Waals surface area (Å²) in [5.41, 5.74) is 6.04. The van der Waals surface area contributed by atoms with Crippen LogP contribution >= 0.6 is 24.4 Å². The van der Waals surface area contributed by atoms with Crippen LogP contribution in [0.3, 0.4) is 0 Å². The zero-order valence-electron chi connectivity index (χ0n) is 18.1. The average molecular weight is 440 g/mol. The maximum Gasteiger partial charge on any atom is 0.186 e. The second-order valence-corrected chi connectivity index (χ2v) is 7.64. The average Bonchev–Trinajstić information content (AvgIpc) is 3.11. The summed E-state index contributed by atoms with van der Waals surface area (Å²) in [6.07, 6.45) is 1.54. The van der Waals surface area contributed by atoms with Crippen LogP contribution in [0.15, 0.2) is 26.8 Å². The summed E-state index contributed by atoms with van der Waals surface area (Å²) in [7, 11) is 0. The first-order chi connectivity index (χ1) is 13.8. The van der Waals surface area contributed by atoms with Gasteiger partial charge in [0.15, 0.2) is 16.0 Å². The van der Waals surface area contributed by atoms with Gasteiger partial charge in [0.05, 0.1) is 12.8 Å². The van der Waals surface area contributed by atoms with E-state index < -0.39 is 0 Å². The normalized spacial score (nSPS) is 12.1. The zero-order valence-corrected chi connectivity index (χ0v) is 19.7. The molecule has 1 rings (SSSR count). The van der Waals surface area contributed by atoms with Crippen LogP contribution in [0.5, 0.6) is 0 Å². The molecule has 1 aromatic rings. The van der Waals surface area contributed by atoms with Crippen LogP contribution in [0.4, 0.5) is 0 Å². The molecule has 162 valence electrons. The summed E-state index contributed by atoms with van der Waals surface area (Å²) >= 11 is 10.3. The monoisotopic (exact) mass is 439 g/mol. The third kappa shape index (κ3) is 9.33.